The smallest absolute Gasteiger partial charge is 0.265 e. The lowest BCUT2D eigenvalue weighted by molar-refractivity contribution is -0.122. The van der Waals surface area contributed by atoms with Crippen molar-refractivity contribution in [3.63, 3.8) is 0 Å². The Bertz CT molecular complexity index is 611. The van der Waals surface area contributed by atoms with Crippen LogP contribution < -0.4 is 20.5 Å². The molecule has 110 valence electrons. The maximum Gasteiger partial charge on any atom is 0.265 e. The Morgan fingerprint density at radius 3 is 2.48 bits per heavy atom. The van der Waals surface area contributed by atoms with Crippen molar-refractivity contribution in [3.05, 3.63) is 48.5 Å². The topological polar surface area (TPSA) is 73.6 Å². The van der Waals surface area contributed by atoms with Crippen LogP contribution in [0.1, 0.15) is 6.92 Å². The second-order valence-corrected chi connectivity index (χ2v) is 4.55. The summed E-state index contributed by atoms with van der Waals surface area (Å²) in [5.74, 6) is 1.02. The molecule has 1 amide bonds. The van der Waals surface area contributed by atoms with Crippen molar-refractivity contribution in [3.8, 4) is 11.5 Å². The van der Waals surface area contributed by atoms with Gasteiger partial charge in [0.15, 0.2) is 6.10 Å². The van der Waals surface area contributed by atoms with Gasteiger partial charge in [0.05, 0.1) is 7.11 Å². The number of nitrogens with one attached hydrogen (secondary N) is 1. The molecule has 0 fully saturated rings. The first-order chi connectivity index (χ1) is 10.1. The highest BCUT2D eigenvalue weighted by Gasteiger charge is 2.15. The van der Waals surface area contributed by atoms with Crippen molar-refractivity contribution in [2.24, 2.45) is 0 Å². The summed E-state index contributed by atoms with van der Waals surface area (Å²) >= 11 is 0. The highest BCUT2D eigenvalue weighted by atomic mass is 16.5. The summed E-state index contributed by atoms with van der Waals surface area (Å²) in [4.78, 5) is 12.1. The van der Waals surface area contributed by atoms with Gasteiger partial charge in [0.25, 0.3) is 5.91 Å². The monoisotopic (exact) mass is 286 g/mol. The lowest BCUT2D eigenvalue weighted by Gasteiger charge is -2.15. The Balaban J connectivity index is 1.97. The molecule has 0 aliphatic carbocycles. The van der Waals surface area contributed by atoms with Crippen LogP contribution in [-0.2, 0) is 4.79 Å². The molecule has 1 atom stereocenters. The number of carbonyl (C=O) groups excluding carboxylic acids is 1. The van der Waals surface area contributed by atoms with Crippen molar-refractivity contribution >= 4 is 17.3 Å². The lowest BCUT2D eigenvalue weighted by Crippen LogP contribution is -2.30. The van der Waals surface area contributed by atoms with E-state index in [2.05, 4.69) is 5.32 Å². The minimum absolute atomic E-state index is 0.234. The molecule has 0 aliphatic heterocycles. The van der Waals surface area contributed by atoms with Crippen LogP contribution in [0, 0.1) is 0 Å². The molecular formula is C16H18N2O3. The first kappa shape index (κ1) is 14.7. The Hall–Kier alpha value is -2.69. The van der Waals surface area contributed by atoms with E-state index in [0.29, 0.717) is 22.9 Å². The van der Waals surface area contributed by atoms with E-state index in [1.54, 1.807) is 56.5 Å². The average molecular weight is 286 g/mol. The number of ether oxygens (including phenoxy) is 2. The molecule has 0 bridgehead atoms. The van der Waals surface area contributed by atoms with Gasteiger partial charge in [0.2, 0.25) is 0 Å². The largest absolute Gasteiger partial charge is 0.497 e. The molecule has 0 spiro atoms. The van der Waals surface area contributed by atoms with Gasteiger partial charge in [0, 0.05) is 17.4 Å². The molecule has 0 saturated heterocycles. The minimum Gasteiger partial charge on any atom is -0.497 e. The van der Waals surface area contributed by atoms with Gasteiger partial charge in [-0.15, -0.1) is 0 Å². The molecule has 2 aromatic rings. The number of anilines is 2. The fourth-order valence-electron chi connectivity index (χ4n) is 1.74. The number of rotatable bonds is 5. The number of carbonyl (C=O) groups is 1. The van der Waals surface area contributed by atoms with E-state index in [9.17, 15) is 4.79 Å². The zero-order valence-electron chi connectivity index (χ0n) is 12.0. The molecule has 1 unspecified atom stereocenters. The Kier molecular flexibility index (Phi) is 4.66. The number of benzene rings is 2. The van der Waals surface area contributed by atoms with Gasteiger partial charge in [0.1, 0.15) is 11.5 Å². The third kappa shape index (κ3) is 4.14. The predicted octanol–water partition coefficient (Wildman–Crippen LogP) is 2.68. The van der Waals surface area contributed by atoms with E-state index in [1.165, 1.54) is 0 Å². The molecule has 0 heterocycles. The first-order valence-corrected chi connectivity index (χ1v) is 6.55. The second-order valence-electron chi connectivity index (χ2n) is 4.55. The number of methoxy groups -OCH3 is 1. The summed E-state index contributed by atoms with van der Waals surface area (Å²) in [6, 6.07) is 14.1. The molecule has 3 N–H and O–H groups in total. The van der Waals surface area contributed by atoms with Crippen LogP contribution in [0.5, 0.6) is 11.5 Å². The predicted molar refractivity (Wildman–Crippen MR) is 82.6 cm³/mol. The SMILES string of the molecule is COc1cccc(OC(C)C(=O)Nc2ccc(N)cc2)c1. The van der Waals surface area contributed by atoms with Crippen molar-refractivity contribution in [2.75, 3.05) is 18.2 Å². The third-order valence-corrected chi connectivity index (χ3v) is 2.90. The highest BCUT2D eigenvalue weighted by Crippen LogP contribution is 2.20. The standard InChI is InChI=1S/C16H18N2O3/c1-11(21-15-5-3-4-14(10-15)20-2)16(19)18-13-8-6-12(17)7-9-13/h3-11H,17H2,1-2H3,(H,18,19). The van der Waals surface area contributed by atoms with Gasteiger partial charge < -0.3 is 20.5 Å². The first-order valence-electron chi connectivity index (χ1n) is 6.55. The second kappa shape index (κ2) is 6.65. The third-order valence-electron chi connectivity index (χ3n) is 2.90. The maximum absolute atomic E-state index is 12.1. The van der Waals surface area contributed by atoms with Gasteiger partial charge in [-0.3, -0.25) is 4.79 Å². The summed E-state index contributed by atoms with van der Waals surface area (Å²) in [5, 5.41) is 2.77. The summed E-state index contributed by atoms with van der Waals surface area (Å²) < 4.78 is 10.7. The van der Waals surface area contributed by atoms with E-state index in [4.69, 9.17) is 15.2 Å². The van der Waals surface area contributed by atoms with E-state index >= 15 is 0 Å². The van der Waals surface area contributed by atoms with Crippen LogP contribution in [0.2, 0.25) is 0 Å². The summed E-state index contributed by atoms with van der Waals surface area (Å²) in [6.45, 7) is 1.69. The fraction of sp³-hybridized carbons (Fsp3) is 0.188. The summed E-state index contributed by atoms with van der Waals surface area (Å²) in [7, 11) is 1.58. The number of hydrogen-bond donors (Lipinski definition) is 2. The summed E-state index contributed by atoms with van der Waals surface area (Å²) in [6.07, 6.45) is -0.630. The van der Waals surface area contributed by atoms with Gasteiger partial charge in [-0.1, -0.05) is 6.07 Å². The number of amides is 1. The number of nitrogens with two attached hydrogens (primary N) is 1. The Morgan fingerprint density at radius 2 is 1.81 bits per heavy atom. The Morgan fingerprint density at radius 1 is 1.14 bits per heavy atom. The molecule has 0 saturated carbocycles. The van der Waals surface area contributed by atoms with Gasteiger partial charge in [-0.05, 0) is 43.3 Å². The molecule has 2 aromatic carbocycles. The molecule has 2 rings (SSSR count). The van der Waals surface area contributed by atoms with Crippen molar-refractivity contribution in [1.82, 2.24) is 0 Å². The van der Waals surface area contributed by atoms with E-state index in [0.717, 1.165) is 0 Å². The van der Waals surface area contributed by atoms with E-state index in [1.807, 2.05) is 6.07 Å². The molecular weight excluding hydrogens is 268 g/mol. The van der Waals surface area contributed by atoms with Crippen LogP contribution in [0.3, 0.4) is 0 Å². The van der Waals surface area contributed by atoms with Crippen molar-refractivity contribution < 1.29 is 14.3 Å². The van der Waals surface area contributed by atoms with Crippen LogP contribution in [-0.4, -0.2) is 19.1 Å². The zero-order valence-corrected chi connectivity index (χ0v) is 12.0. The van der Waals surface area contributed by atoms with Crippen LogP contribution >= 0.6 is 0 Å². The van der Waals surface area contributed by atoms with E-state index in [-0.39, 0.29) is 5.91 Å². The maximum atomic E-state index is 12.1. The van der Waals surface area contributed by atoms with Gasteiger partial charge in [-0.25, -0.2) is 0 Å². The van der Waals surface area contributed by atoms with Crippen LogP contribution in [0.25, 0.3) is 0 Å². The van der Waals surface area contributed by atoms with Crippen molar-refractivity contribution in [2.45, 2.75) is 13.0 Å². The average Bonchev–Trinajstić information content (AvgIpc) is 2.49. The van der Waals surface area contributed by atoms with Crippen LogP contribution in [0.15, 0.2) is 48.5 Å². The van der Waals surface area contributed by atoms with Gasteiger partial charge >= 0.3 is 0 Å². The number of nitrogen functional groups attached to an aromatic ring is 1. The van der Waals surface area contributed by atoms with Crippen molar-refractivity contribution in [1.29, 1.82) is 0 Å². The highest BCUT2D eigenvalue weighted by molar-refractivity contribution is 5.94. The fourth-order valence-corrected chi connectivity index (χ4v) is 1.74. The molecule has 0 radical (unpaired) electrons. The molecule has 0 aromatic heterocycles. The molecule has 5 heteroatoms. The molecule has 5 nitrogen and oxygen atoms in total. The number of hydrogen-bond acceptors (Lipinski definition) is 4. The van der Waals surface area contributed by atoms with Crippen LogP contribution in [0.4, 0.5) is 11.4 Å². The quantitative estimate of drug-likeness (QED) is 0.829. The summed E-state index contributed by atoms with van der Waals surface area (Å²) in [5.41, 5.74) is 6.92. The minimum atomic E-state index is -0.630. The van der Waals surface area contributed by atoms with Gasteiger partial charge in [-0.2, -0.15) is 0 Å². The zero-order chi connectivity index (χ0) is 15.2. The lowest BCUT2D eigenvalue weighted by atomic mass is 10.2. The molecule has 0 aliphatic rings. The Labute approximate surface area is 123 Å². The normalized spacial score (nSPS) is 11.5. The van der Waals surface area contributed by atoms with E-state index < -0.39 is 6.10 Å². The molecule has 21 heavy (non-hydrogen) atoms.